The van der Waals surface area contributed by atoms with Crippen molar-refractivity contribution in [3.05, 3.63) is 18.0 Å². The molecule has 1 aromatic heterocycles. The van der Waals surface area contributed by atoms with Crippen molar-refractivity contribution in [3.63, 3.8) is 0 Å². The minimum Gasteiger partial charge on any atom is -0.379 e. The Kier molecular flexibility index (Phi) is 2.33. The van der Waals surface area contributed by atoms with Gasteiger partial charge in [0.2, 0.25) is 0 Å². The highest BCUT2D eigenvalue weighted by molar-refractivity contribution is 8.13. The van der Waals surface area contributed by atoms with Crippen LogP contribution in [0.15, 0.2) is 17.0 Å². The maximum absolute atomic E-state index is 6.89. The molecule has 54 valence electrons. The summed E-state index contributed by atoms with van der Waals surface area (Å²) in [6.45, 7) is 0. The van der Waals surface area contributed by atoms with Gasteiger partial charge in [0.25, 0.3) is 0 Å². The SMILES string of the molecule is N=C(N)SCc1cnoc1. The van der Waals surface area contributed by atoms with Crippen molar-refractivity contribution in [1.82, 2.24) is 5.16 Å². The Balaban J connectivity index is 2.35. The Morgan fingerprint density at radius 2 is 2.70 bits per heavy atom. The van der Waals surface area contributed by atoms with Gasteiger partial charge in [-0.25, -0.2) is 0 Å². The van der Waals surface area contributed by atoms with Crippen LogP contribution in [0.25, 0.3) is 0 Å². The van der Waals surface area contributed by atoms with E-state index in [0.29, 0.717) is 5.75 Å². The van der Waals surface area contributed by atoms with E-state index in [1.807, 2.05) is 0 Å². The van der Waals surface area contributed by atoms with Crippen LogP contribution in [0.1, 0.15) is 5.56 Å². The maximum Gasteiger partial charge on any atom is 0.151 e. The summed E-state index contributed by atoms with van der Waals surface area (Å²) in [5.41, 5.74) is 6.05. The summed E-state index contributed by atoms with van der Waals surface area (Å²) in [6, 6.07) is 0. The van der Waals surface area contributed by atoms with Gasteiger partial charge in [0.05, 0.1) is 6.20 Å². The van der Waals surface area contributed by atoms with E-state index >= 15 is 0 Å². The molecule has 0 aliphatic heterocycles. The second kappa shape index (κ2) is 3.26. The third kappa shape index (κ3) is 2.10. The monoisotopic (exact) mass is 157 g/mol. The van der Waals surface area contributed by atoms with Crippen LogP contribution < -0.4 is 5.73 Å². The molecule has 0 unspecified atom stereocenters. The standard InChI is InChI=1S/C5H7N3OS/c6-5(7)10-3-4-1-8-9-2-4/h1-2H,3H2,(H3,6,7). The van der Waals surface area contributed by atoms with E-state index in [9.17, 15) is 0 Å². The summed E-state index contributed by atoms with van der Waals surface area (Å²) in [7, 11) is 0. The molecule has 1 heterocycles. The lowest BCUT2D eigenvalue weighted by Crippen LogP contribution is -2.03. The number of nitrogens with zero attached hydrogens (tertiary/aromatic N) is 1. The van der Waals surface area contributed by atoms with Crippen molar-refractivity contribution in [2.45, 2.75) is 5.75 Å². The zero-order valence-corrected chi connectivity index (χ0v) is 6.02. The van der Waals surface area contributed by atoms with Gasteiger partial charge < -0.3 is 10.3 Å². The molecule has 0 bridgehead atoms. The highest BCUT2D eigenvalue weighted by atomic mass is 32.2. The fourth-order valence-corrected chi connectivity index (χ4v) is 0.924. The molecule has 0 aliphatic rings. The lowest BCUT2D eigenvalue weighted by molar-refractivity contribution is 0.419. The summed E-state index contributed by atoms with van der Waals surface area (Å²) in [5, 5.41) is 10.5. The third-order valence-electron chi connectivity index (χ3n) is 0.878. The number of hydrogen-bond acceptors (Lipinski definition) is 4. The Morgan fingerprint density at radius 3 is 3.20 bits per heavy atom. The number of hydrogen-bond donors (Lipinski definition) is 2. The molecule has 0 aromatic carbocycles. The van der Waals surface area contributed by atoms with Crippen molar-refractivity contribution in [2.24, 2.45) is 5.73 Å². The molecular formula is C5H7N3OS. The summed E-state index contributed by atoms with van der Waals surface area (Å²) >= 11 is 1.25. The van der Waals surface area contributed by atoms with Crippen LogP contribution >= 0.6 is 11.8 Å². The molecule has 0 amide bonds. The molecule has 0 atom stereocenters. The lowest BCUT2D eigenvalue weighted by Gasteiger charge is -1.91. The molecule has 0 fully saturated rings. The van der Waals surface area contributed by atoms with E-state index in [2.05, 4.69) is 9.68 Å². The van der Waals surface area contributed by atoms with Crippen LogP contribution in [0.3, 0.4) is 0 Å². The second-order valence-electron chi connectivity index (χ2n) is 1.69. The first-order valence-electron chi connectivity index (χ1n) is 2.64. The van der Waals surface area contributed by atoms with Gasteiger partial charge in [0.1, 0.15) is 6.26 Å². The van der Waals surface area contributed by atoms with E-state index in [-0.39, 0.29) is 5.17 Å². The third-order valence-corrected chi connectivity index (χ3v) is 1.67. The van der Waals surface area contributed by atoms with E-state index in [1.54, 1.807) is 6.20 Å². The molecule has 0 radical (unpaired) electrons. The van der Waals surface area contributed by atoms with Crippen molar-refractivity contribution < 1.29 is 4.52 Å². The second-order valence-corrected chi connectivity index (χ2v) is 2.70. The average molecular weight is 157 g/mol. The molecule has 10 heavy (non-hydrogen) atoms. The van der Waals surface area contributed by atoms with Gasteiger partial charge in [-0.1, -0.05) is 16.9 Å². The first kappa shape index (κ1) is 7.14. The number of rotatable bonds is 2. The number of thioether (sulfide) groups is 1. The Bertz CT molecular complexity index is 209. The number of amidine groups is 1. The minimum absolute atomic E-state index is 0.112. The Morgan fingerprint density at radius 1 is 1.90 bits per heavy atom. The molecular weight excluding hydrogens is 150 g/mol. The van der Waals surface area contributed by atoms with Gasteiger partial charge in [0.15, 0.2) is 5.17 Å². The number of nitrogens with one attached hydrogen (secondary N) is 1. The van der Waals surface area contributed by atoms with Gasteiger partial charge in [-0.05, 0) is 0 Å². The van der Waals surface area contributed by atoms with E-state index in [0.717, 1.165) is 5.56 Å². The normalized spacial score (nSPS) is 9.60. The molecule has 0 saturated heterocycles. The highest BCUT2D eigenvalue weighted by Crippen LogP contribution is 2.09. The van der Waals surface area contributed by atoms with Gasteiger partial charge in [-0.3, -0.25) is 5.41 Å². The van der Waals surface area contributed by atoms with Crippen molar-refractivity contribution >= 4 is 16.9 Å². The topological polar surface area (TPSA) is 75.9 Å². The van der Waals surface area contributed by atoms with Crippen molar-refractivity contribution in [1.29, 1.82) is 5.41 Å². The molecule has 0 spiro atoms. The van der Waals surface area contributed by atoms with Gasteiger partial charge >= 0.3 is 0 Å². The predicted octanol–water partition coefficient (Wildman–Crippen LogP) is 0.801. The van der Waals surface area contributed by atoms with Crippen molar-refractivity contribution in [2.75, 3.05) is 0 Å². The van der Waals surface area contributed by atoms with Gasteiger partial charge in [-0.2, -0.15) is 0 Å². The van der Waals surface area contributed by atoms with Gasteiger partial charge in [-0.15, -0.1) is 0 Å². The molecule has 0 saturated carbocycles. The molecule has 1 rings (SSSR count). The molecule has 0 aliphatic carbocycles. The molecule has 3 N–H and O–H groups in total. The largest absolute Gasteiger partial charge is 0.379 e. The van der Waals surface area contributed by atoms with Crippen LogP contribution in [-0.2, 0) is 5.75 Å². The number of nitrogens with two attached hydrogens (primary N) is 1. The first-order valence-corrected chi connectivity index (χ1v) is 3.62. The van der Waals surface area contributed by atoms with E-state index in [4.69, 9.17) is 11.1 Å². The fourth-order valence-electron chi connectivity index (χ4n) is 0.459. The first-order chi connectivity index (χ1) is 4.79. The van der Waals surface area contributed by atoms with Crippen LogP contribution in [0.4, 0.5) is 0 Å². The Labute approximate surface area is 62.3 Å². The number of aromatic nitrogens is 1. The Hall–Kier alpha value is -0.970. The van der Waals surface area contributed by atoms with Crippen LogP contribution in [0, 0.1) is 5.41 Å². The molecule has 5 heteroatoms. The molecule has 4 nitrogen and oxygen atoms in total. The lowest BCUT2D eigenvalue weighted by atomic mass is 10.4. The zero-order valence-electron chi connectivity index (χ0n) is 5.20. The maximum atomic E-state index is 6.89. The summed E-state index contributed by atoms with van der Waals surface area (Å²) < 4.78 is 4.57. The minimum atomic E-state index is 0.112. The smallest absolute Gasteiger partial charge is 0.151 e. The average Bonchev–Trinajstić information content (AvgIpc) is 2.34. The summed E-state index contributed by atoms with van der Waals surface area (Å²) in [5.74, 6) is 0.652. The van der Waals surface area contributed by atoms with Gasteiger partial charge in [0, 0.05) is 11.3 Å². The predicted molar refractivity (Wildman–Crippen MR) is 39.7 cm³/mol. The van der Waals surface area contributed by atoms with Crippen molar-refractivity contribution in [3.8, 4) is 0 Å². The summed E-state index contributed by atoms with van der Waals surface area (Å²) in [6.07, 6.45) is 3.14. The van der Waals surface area contributed by atoms with Crippen LogP contribution in [0.5, 0.6) is 0 Å². The zero-order chi connectivity index (χ0) is 7.40. The van der Waals surface area contributed by atoms with E-state index in [1.165, 1.54) is 18.0 Å². The quantitative estimate of drug-likeness (QED) is 0.491. The fraction of sp³-hybridized carbons (Fsp3) is 0.200. The molecule has 1 aromatic rings. The highest BCUT2D eigenvalue weighted by Gasteiger charge is 1.96. The van der Waals surface area contributed by atoms with Crippen LogP contribution in [0.2, 0.25) is 0 Å². The summed E-state index contributed by atoms with van der Waals surface area (Å²) in [4.78, 5) is 0. The van der Waals surface area contributed by atoms with Crippen LogP contribution in [-0.4, -0.2) is 10.3 Å². The van der Waals surface area contributed by atoms with E-state index < -0.39 is 0 Å².